The number of nitrogens with zero attached hydrogens (tertiary/aromatic N) is 1. The van der Waals surface area contributed by atoms with Crippen molar-refractivity contribution in [3.05, 3.63) is 83.9 Å². The molecule has 1 aliphatic heterocycles. The molecule has 0 bridgehead atoms. The fourth-order valence-corrected chi connectivity index (χ4v) is 4.03. The topological polar surface area (TPSA) is 49.4 Å². The van der Waals surface area contributed by atoms with Crippen molar-refractivity contribution < 1.29 is 9.59 Å². The van der Waals surface area contributed by atoms with Crippen molar-refractivity contribution in [1.29, 1.82) is 0 Å². The van der Waals surface area contributed by atoms with Crippen molar-refractivity contribution in [2.75, 3.05) is 0 Å². The van der Waals surface area contributed by atoms with Crippen molar-refractivity contribution in [3.8, 4) is 0 Å². The maximum absolute atomic E-state index is 13.0. The summed E-state index contributed by atoms with van der Waals surface area (Å²) >= 11 is 0. The van der Waals surface area contributed by atoms with Crippen LogP contribution in [0, 0.1) is 0 Å². The number of rotatable bonds is 4. The Kier molecular flexibility index (Phi) is 4.63. The quantitative estimate of drug-likeness (QED) is 0.757. The summed E-state index contributed by atoms with van der Waals surface area (Å²) in [7, 11) is 0. The third-order valence-corrected chi connectivity index (χ3v) is 5.36. The molecule has 0 saturated carbocycles. The second kappa shape index (κ2) is 7.23. The predicted molar refractivity (Wildman–Crippen MR) is 106 cm³/mol. The molecule has 3 aromatic rings. The van der Waals surface area contributed by atoms with Crippen LogP contribution in [0.1, 0.15) is 41.6 Å². The van der Waals surface area contributed by atoms with Gasteiger partial charge in [0.05, 0.1) is 6.04 Å². The van der Waals surface area contributed by atoms with E-state index in [1.165, 1.54) is 0 Å². The number of hydrogen-bond acceptors (Lipinski definition) is 2. The third-order valence-electron chi connectivity index (χ3n) is 5.36. The summed E-state index contributed by atoms with van der Waals surface area (Å²) < 4.78 is 0. The largest absolute Gasteiger partial charge is 0.273 e. The number of carbonyl (C=O) groups excluding carboxylic acids is 2. The molecule has 1 saturated heterocycles. The second-order valence-corrected chi connectivity index (χ2v) is 6.93. The molecule has 1 fully saturated rings. The van der Waals surface area contributed by atoms with Gasteiger partial charge in [-0.25, -0.2) is 0 Å². The van der Waals surface area contributed by atoms with Crippen LogP contribution < -0.4 is 5.43 Å². The van der Waals surface area contributed by atoms with E-state index in [1.54, 1.807) is 11.1 Å². The molecule has 1 N–H and O–H groups in total. The van der Waals surface area contributed by atoms with Gasteiger partial charge in [0.25, 0.3) is 5.91 Å². The lowest BCUT2D eigenvalue weighted by Gasteiger charge is -2.27. The Bertz CT molecular complexity index is 979. The van der Waals surface area contributed by atoms with E-state index < -0.39 is 0 Å². The van der Waals surface area contributed by atoms with Crippen molar-refractivity contribution in [1.82, 2.24) is 10.4 Å². The van der Waals surface area contributed by atoms with Crippen molar-refractivity contribution in [2.24, 2.45) is 0 Å². The standard InChI is InChI=1S/C23H22N2O2/c1-2-21-20(17-9-4-3-5-10-17)15-22(26)25(21)24-23(27)19-14-8-12-16-11-6-7-13-18(16)19/h3-14,20-21H,2,15H2,1H3,(H,24,27)/t20-,21-/m0/s1. The van der Waals surface area contributed by atoms with Gasteiger partial charge in [-0.2, -0.15) is 0 Å². The molecule has 0 aromatic heterocycles. The number of benzene rings is 3. The van der Waals surface area contributed by atoms with Gasteiger partial charge < -0.3 is 0 Å². The van der Waals surface area contributed by atoms with Crippen LogP contribution in [0.25, 0.3) is 10.8 Å². The van der Waals surface area contributed by atoms with Gasteiger partial charge in [0, 0.05) is 17.9 Å². The monoisotopic (exact) mass is 358 g/mol. The van der Waals surface area contributed by atoms with Gasteiger partial charge in [0.2, 0.25) is 5.91 Å². The van der Waals surface area contributed by atoms with E-state index in [2.05, 4.69) is 24.5 Å². The van der Waals surface area contributed by atoms with E-state index in [0.29, 0.717) is 12.0 Å². The van der Waals surface area contributed by atoms with E-state index in [9.17, 15) is 9.59 Å². The Morgan fingerprint density at radius 2 is 1.70 bits per heavy atom. The van der Waals surface area contributed by atoms with Gasteiger partial charge in [-0.15, -0.1) is 0 Å². The Morgan fingerprint density at radius 3 is 2.48 bits per heavy atom. The van der Waals surface area contributed by atoms with Gasteiger partial charge in [0.15, 0.2) is 0 Å². The summed E-state index contributed by atoms with van der Waals surface area (Å²) in [6, 6.07) is 23.4. The highest BCUT2D eigenvalue weighted by Crippen LogP contribution is 2.35. The molecular formula is C23H22N2O2. The molecule has 2 amide bonds. The zero-order valence-electron chi connectivity index (χ0n) is 15.3. The molecule has 4 heteroatoms. The highest BCUT2D eigenvalue weighted by atomic mass is 16.2. The first-order valence-corrected chi connectivity index (χ1v) is 9.34. The van der Waals surface area contributed by atoms with Crippen LogP contribution >= 0.6 is 0 Å². The first-order chi connectivity index (χ1) is 13.2. The maximum atomic E-state index is 13.0. The van der Waals surface area contributed by atoms with E-state index in [4.69, 9.17) is 0 Å². The van der Waals surface area contributed by atoms with Gasteiger partial charge >= 0.3 is 0 Å². The van der Waals surface area contributed by atoms with E-state index in [1.807, 2.05) is 54.6 Å². The van der Waals surface area contributed by atoms with Crippen LogP contribution in [0.3, 0.4) is 0 Å². The Hall–Kier alpha value is -3.14. The lowest BCUT2D eigenvalue weighted by molar-refractivity contribution is -0.131. The summed E-state index contributed by atoms with van der Waals surface area (Å²) in [5.74, 6) is -0.187. The summed E-state index contributed by atoms with van der Waals surface area (Å²) in [4.78, 5) is 25.6. The van der Waals surface area contributed by atoms with Crippen LogP contribution in [0.15, 0.2) is 72.8 Å². The number of carbonyl (C=O) groups is 2. The van der Waals surface area contributed by atoms with Crippen LogP contribution in [0.5, 0.6) is 0 Å². The minimum absolute atomic E-state index is 0.0377. The van der Waals surface area contributed by atoms with Crippen LogP contribution in [-0.4, -0.2) is 22.9 Å². The van der Waals surface area contributed by atoms with Crippen LogP contribution in [0.2, 0.25) is 0 Å². The maximum Gasteiger partial charge on any atom is 0.270 e. The zero-order chi connectivity index (χ0) is 18.8. The fourth-order valence-electron chi connectivity index (χ4n) is 4.03. The van der Waals surface area contributed by atoms with E-state index in [-0.39, 0.29) is 23.8 Å². The highest BCUT2D eigenvalue weighted by Gasteiger charge is 2.40. The minimum Gasteiger partial charge on any atom is -0.273 e. The molecule has 3 aromatic carbocycles. The summed E-state index contributed by atoms with van der Waals surface area (Å²) in [6.07, 6.45) is 1.19. The molecule has 1 aliphatic rings. The molecular weight excluding hydrogens is 336 g/mol. The second-order valence-electron chi connectivity index (χ2n) is 6.93. The summed E-state index contributed by atoms with van der Waals surface area (Å²) in [6.45, 7) is 2.05. The average molecular weight is 358 g/mol. The number of nitrogens with one attached hydrogen (secondary N) is 1. The third kappa shape index (κ3) is 3.19. The first-order valence-electron chi connectivity index (χ1n) is 9.34. The van der Waals surface area contributed by atoms with Crippen LogP contribution in [-0.2, 0) is 4.79 Å². The highest BCUT2D eigenvalue weighted by molar-refractivity contribution is 6.07. The summed E-state index contributed by atoms with van der Waals surface area (Å²) in [5, 5.41) is 3.44. The molecule has 1 heterocycles. The van der Waals surface area contributed by atoms with E-state index >= 15 is 0 Å². The molecule has 27 heavy (non-hydrogen) atoms. The molecule has 4 rings (SSSR count). The molecule has 2 atom stereocenters. The summed E-state index contributed by atoms with van der Waals surface area (Å²) in [5.41, 5.74) is 4.60. The lowest BCUT2D eigenvalue weighted by atomic mass is 9.90. The van der Waals surface area contributed by atoms with Gasteiger partial charge in [0.1, 0.15) is 0 Å². The van der Waals surface area contributed by atoms with Gasteiger partial charge in [-0.05, 0) is 28.8 Å². The van der Waals surface area contributed by atoms with Crippen LogP contribution in [0.4, 0.5) is 0 Å². The molecule has 4 nitrogen and oxygen atoms in total. The fraction of sp³-hybridized carbons (Fsp3) is 0.217. The molecule has 0 aliphatic carbocycles. The molecule has 0 radical (unpaired) electrons. The normalized spacial score (nSPS) is 19.4. The zero-order valence-corrected chi connectivity index (χ0v) is 15.3. The van der Waals surface area contributed by atoms with Crippen molar-refractivity contribution in [3.63, 3.8) is 0 Å². The van der Waals surface area contributed by atoms with Gasteiger partial charge in [-0.1, -0.05) is 73.7 Å². The Balaban J connectivity index is 1.61. The van der Waals surface area contributed by atoms with Gasteiger partial charge in [-0.3, -0.25) is 20.0 Å². The Morgan fingerprint density at radius 1 is 1.00 bits per heavy atom. The van der Waals surface area contributed by atoms with Crippen molar-refractivity contribution in [2.45, 2.75) is 31.7 Å². The molecule has 0 unspecified atom stereocenters. The lowest BCUT2D eigenvalue weighted by Crippen LogP contribution is -2.48. The number of fused-ring (bicyclic) bond motifs is 1. The first kappa shape index (κ1) is 17.3. The SMILES string of the molecule is CC[C@H]1[C@H](c2ccccc2)CC(=O)N1NC(=O)c1cccc2ccccc12. The molecule has 0 spiro atoms. The number of hydrazine groups is 1. The Labute approximate surface area is 158 Å². The van der Waals surface area contributed by atoms with Crippen molar-refractivity contribution >= 4 is 22.6 Å². The minimum atomic E-state index is -0.243. The number of hydrogen-bond donors (Lipinski definition) is 1. The van der Waals surface area contributed by atoms with E-state index in [0.717, 1.165) is 22.8 Å². The predicted octanol–water partition coefficient (Wildman–Crippen LogP) is 4.28. The average Bonchev–Trinajstić information content (AvgIpc) is 3.03. The molecule has 136 valence electrons. The number of amides is 2. The smallest absolute Gasteiger partial charge is 0.270 e.